The number of rotatable bonds is 6. The van der Waals surface area contributed by atoms with Gasteiger partial charge in [-0.3, -0.25) is 9.69 Å². The SMILES string of the molecule is O=C(NCC1CN(c2cccc(Cl)c2)C(=O)O1)c1cnc(OC2CCOCC2)c(Cl)c1. The number of nitrogens with one attached hydrogen (secondary N) is 1. The molecule has 0 bridgehead atoms. The summed E-state index contributed by atoms with van der Waals surface area (Å²) in [6.45, 7) is 1.74. The van der Waals surface area contributed by atoms with E-state index >= 15 is 0 Å². The summed E-state index contributed by atoms with van der Waals surface area (Å²) in [6.07, 6.45) is 1.97. The summed E-state index contributed by atoms with van der Waals surface area (Å²) < 4.78 is 16.5. The average Bonchev–Trinajstić information content (AvgIpc) is 3.15. The predicted molar refractivity (Wildman–Crippen MR) is 115 cm³/mol. The van der Waals surface area contributed by atoms with Crippen LogP contribution < -0.4 is 15.0 Å². The van der Waals surface area contributed by atoms with Gasteiger partial charge in [0.2, 0.25) is 5.88 Å². The van der Waals surface area contributed by atoms with E-state index in [4.69, 9.17) is 37.4 Å². The van der Waals surface area contributed by atoms with Crippen molar-refractivity contribution in [3.63, 3.8) is 0 Å². The molecule has 2 amide bonds. The molecule has 0 aliphatic carbocycles. The summed E-state index contributed by atoms with van der Waals surface area (Å²) in [5.41, 5.74) is 0.933. The minimum absolute atomic E-state index is 0.00193. The van der Waals surface area contributed by atoms with Crippen molar-refractivity contribution in [1.29, 1.82) is 0 Å². The van der Waals surface area contributed by atoms with Crippen LogP contribution in [0.3, 0.4) is 0 Å². The second-order valence-corrected chi connectivity index (χ2v) is 8.09. The largest absolute Gasteiger partial charge is 0.473 e. The lowest BCUT2D eigenvalue weighted by molar-refractivity contribution is 0.0238. The Bertz CT molecular complexity index is 968. The number of pyridine rings is 1. The lowest BCUT2D eigenvalue weighted by atomic mass is 10.1. The van der Waals surface area contributed by atoms with E-state index in [0.29, 0.717) is 41.9 Å². The van der Waals surface area contributed by atoms with Crippen molar-refractivity contribution in [3.05, 3.63) is 52.1 Å². The highest BCUT2D eigenvalue weighted by molar-refractivity contribution is 6.32. The Morgan fingerprint density at radius 1 is 1.26 bits per heavy atom. The highest BCUT2D eigenvalue weighted by atomic mass is 35.5. The third kappa shape index (κ3) is 5.39. The predicted octanol–water partition coefficient (Wildman–Crippen LogP) is 3.70. The van der Waals surface area contributed by atoms with Gasteiger partial charge in [0.05, 0.1) is 31.9 Å². The van der Waals surface area contributed by atoms with E-state index in [0.717, 1.165) is 12.8 Å². The molecule has 1 unspecified atom stereocenters. The molecule has 31 heavy (non-hydrogen) atoms. The second kappa shape index (κ2) is 9.72. The molecule has 2 aromatic rings. The molecule has 3 heterocycles. The zero-order chi connectivity index (χ0) is 21.8. The number of aromatic nitrogens is 1. The first kappa shape index (κ1) is 21.7. The zero-order valence-corrected chi connectivity index (χ0v) is 18.1. The Balaban J connectivity index is 1.31. The van der Waals surface area contributed by atoms with E-state index in [9.17, 15) is 9.59 Å². The molecule has 8 nitrogen and oxygen atoms in total. The van der Waals surface area contributed by atoms with Gasteiger partial charge in [-0.1, -0.05) is 29.3 Å². The minimum atomic E-state index is -0.491. The Hall–Kier alpha value is -2.55. The van der Waals surface area contributed by atoms with Gasteiger partial charge in [0.25, 0.3) is 5.91 Å². The molecule has 0 spiro atoms. The fraction of sp³-hybridized carbons (Fsp3) is 0.381. The number of benzene rings is 1. The lowest BCUT2D eigenvalue weighted by Gasteiger charge is -2.23. The highest BCUT2D eigenvalue weighted by Gasteiger charge is 2.32. The maximum atomic E-state index is 12.5. The van der Waals surface area contributed by atoms with Gasteiger partial charge in [-0.05, 0) is 24.3 Å². The van der Waals surface area contributed by atoms with Crippen molar-refractivity contribution in [2.45, 2.75) is 25.0 Å². The van der Waals surface area contributed by atoms with Gasteiger partial charge in [0, 0.05) is 29.7 Å². The molecule has 1 aromatic heterocycles. The smallest absolute Gasteiger partial charge is 0.414 e. The molecule has 1 atom stereocenters. The topological polar surface area (TPSA) is 90.0 Å². The summed E-state index contributed by atoms with van der Waals surface area (Å²) >= 11 is 12.2. The zero-order valence-electron chi connectivity index (χ0n) is 16.6. The Labute approximate surface area is 189 Å². The molecule has 10 heteroatoms. The average molecular weight is 466 g/mol. The molecule has 1 aromatic carbocycles. The van der Waals surface area contributed by atoms with Gasteiger partial charge in [0.1, 0.15) is 17.2 Å². The minimum Gasteiger partial charge on any atom is -0.473 e. The van der Waals surface area contributed by atoms with E-state index in [1.165, 1.54) is 17.2 Å². The first-order chi connectivity index (χ1) is 15.0. The molecule has 4 rings (SSSR count). The summed E-state index contributed by atoms with van der Waals surface area (Å²) in [6, 6.07) is 8.44. The third-order valence-electron chi connectivity index (χ3n) is 5.00. The fourth-order valence-electron chi connectivity index (χ4n) is 3.38. The van der Waals surface area contributed by atoms with Crippen molar-refractivity contribution in [2.75, 3.05) is 31.2 Å². The van der Waals surface area contributed by atoms with Crippen LogP contribution in [-0.2, 0) is 9.47 Å². The maximum Gasteiger partial charge on any atom is 0.414 e. The molecule has 2 aliphatic rings. The molecule has 2 saturated heterocycles. The normalized spacial score (nSPS) is 19.2. The number of amides is 2. The van der Waals surface area contributed by atoms with Crippen molar-refractivity contribution < 1.29 is 23.8 Å². The third-order valence-corrected chi connectivity index (χ3v) is 5.51. The van der Waals surface area contributed by atoms with Gasteiger partial charge >= 0.3 is 6.09 Å². The summed E-state index contributed by atoms with van der Waals surface area (Å²) in [4.78, 5) is 30.3. The molecular formula is C21H21Cl2N3O5. The van der Waals surface area contributed by atoms with Crippen LogP contribution in [-0.4, -0.2) is 55.5 Å². The monoisotopic (exact) mass is 465 g/mol. The maximum absolute atomic E-state index is 12.5. The Morgan fingerprint density at radius 2 is 2.06 bits per heavy atom. The van der Waals surface area contributed by atoms with Gasteiger partial charge in [-0.2, -0.15) is 0 Å². The number of carbonyl (C=O) groups is 2. The van der Waals surface area contributed by atoms with Crippen molar-refractivity contribution in [1.82, 2.24) is 10.3 Å². The van der Waals surface area contributed by atoms with Gasteiger partial charge < -0.3 is 19.5 Å². The first-order valence-corrected chi connectivity index (χ1v) is 10.7. The summed E-state index contributed by atoms with van der Waals surface area (Å²) in [7, 11) is 0. The number of hydrogen-bond donors (Lipinski definition) is 1. The highest BCUT2D eigenvalue weighted by Crippen LogP contribution is 2.26. The standard InChI is InChI=1S/C21H21Cl2N3O5/c22-14-2-1-3-15(9-14)26-12-17(31-21(26)28)11-24-19(27)13-8-18(23)20(25-10-13)30-16-4-6-29-7-5-16/h1-3,8-10,16-17H,4-7,11-12H2,(H,24,27). The number of cyclic esters (lactones) is 1. The van der Waals surface area contributed by atoms with E-state index < -0.39 is 12.2 Å². The first-order valence-electron chi connectivity index (χ1n) is 9.91. The van der Waals surface area contributed by atoms with Crippen molar-refractivity contribution in [2.24, 2.45) is 0 Å². The van der Waals surface area contributed by atoms with E-state index in [1.54, 1.807) is 24.3 Å². The van der Waals surface area contributed by atoms with Crippen LogP contribution in [0, 0.1) is 0 Å². The Kier molecular flexibility index (Phi) is 6.80. The molecule has 2 fully saturated rings. The van der Waals surface area contributed by atoms with Crippen LogP contribution in [0.15, 0.2) is 36.5 Å². The van der Waals surface area contributed by atoms with Crippen LogP contribution in [0.1, 0.15) is 23.2 Å². The molecule has 164 valence electrons. The van der Waals surface area contributed by atoms with E-state index in [2.05, 4.69) is 10.3 Å². The lowest BCUT2D eigenvalue weighted by Crippen LogP contribution is -2.34. The van der Waals surface area contributed by atoms with Crippen LogP contribution in [0.4, 0.5) is 10.5 Å². The van der Waals surface area contributed by atoms with Gasteiger partial charge in [0.15, 0.2) is 0 Å². The molecule has 0 saturated carbocycles. The number of ether oxygens (including phenoxy) is 3. The summed E-state index contributed by atoms with van der Waals surface area (Å²) in [5, 5.41) is 3.53. The second-order valence-electron chi connectivity index (χ2n) is 7.25. The number of halogens is 2. The van der Waals surface area contributed by atoms with Crippen LogP contribution in [0.2, 0.25) is 10.0 Å². The molecular weight excluding hydrogens is 445 g/mol. The van der Waals surface area contributed by atoms with Gasteiger partial charge in [-0.25, -0.2) is 9.78 Å². The van der Waals surface area contributed by atoms with Crippen LogP contribution in [0.5, 0.6) is 5.88 Å². The molecule has 2 aliphatic heterocycles. The number of hydrogen-bond acceptors (Lipinski definition) is 6. The van der Waals surface area contributed by atoms with Gasteiger partial charge in [-0.15, -0.1) is 0 Å². The number of carbonyl (C=O) groups excluding carboxylic acids is 2. The Morgan fingerprint density at radius 3 is 2.81 bits per heavy atom. The van der Waals surface area contributed by atoms with E-state index in [1.807, 2.05) is 0 Å². The molecule has 1 N–H and O–H groups in total. The summed E-state index contributed by atoms with van der Waals surface area (Å²) in [5.74, 6) is -0.0729. The number of nitrogens with zero attached hydrogens (tertiary/aromatic N) is 2. The quantitative estimate of drug-likeness (QED) is 0.699. The van der Waals surface area contributed by atoms with Crippen LogP contribution >= 0.6 is 23.2 Å². The molecule has 0 radical (unpaired) electrons. The fourth-order valence-corrected chi connectivity index (χ4v) is 3.77. The van der Waals surface area contributed by atoms with Crippen LogP contribution in [0.25, 0.3) is 0 Å². The van der Waals surface area contributed by atoms with E-state index in [-0.39, 0.29) is 23.6 Å². The van der Waals surface area contributed by atoms with Crippen molar-refractivity contribution in [3.8, 4) is 5.88 Å². The van der Waals surface area contributed by atoms with Crippen molar-refractivity contribution >= 4 is 40.9 Å². The number of anilines is 1.